The fourth-order valence-corrected chi connectivity index (χ4v) is 6.28. The van der Waals surface area contributed by atoms with Crippen molar-refractivity contribution in [1.82, 2.24) is 0 Å². The highest BCUT2D eigenvalue weighted by Gasteiger charge is 2.39. The van der Waals surface area contributed by atoms with E-state index in [9.17, 15) is 0 Å². The molecule has 0 spiro atoms. The lowest BCUT2D eigenvalue weighted by Crippen LogP contribution is -2.20. The van der Waals surface area contributed by atoms with Crippen molar-refractivity contribution < 1.29 is 0 Å². The molecule has 6 rings (SSSR count). The minimum absolute atomic E-state index is 0.0259. The molecule has 43 heavy (non-hydrogen) atoms. The van der Waals surface area contributed by atoms with Gasteiger partial charge in [0.25, 0.3) is 0 Å². The first-order valence-corrected chi connectivity index (χ1v) is 16.9. The van der Waals surface area contributed by atoms with Crippen LogP contribution in [0.15, 0.2) is 97.1 Å². The standard InChI is InChI=1S/C18H20.C17H14.4C2H6/c1-3-4-13-18(2)16-11-7-5-9-14(16)15-10-6-8-12-17(15)18;1-3-12-17(2)15-10-6-4-8-13(15)14-9-5-7-11-16(14)17;4*1-2/h5-12H,3-4,13H2,1-2H3;1,4-11H,12H2,2H3;4*1-2H3. The first-order chi connectivity index (χ1) is 21.0. The van der Waals surface area contributed by atoms with Gasteiger partial charge in [-0.25, -0.2) is 0 Å². The molecule has 0 aliphatic heterocycles. The van der Waals surface area contributed by atoms with Gasteiger partial charge < -0.3 is 0 Å². The Kier molecular flexibility index (Phi) is 16.4. The Morgan fingerprint density at radius 1 is 0.488 bits per heavy atom. The number of hydrogen-bond donors (Lipinski definition) is 0. The highest BCUT2D eigenvalue weighted by molar-refractivity contribution is 5.81. The molecule has 0 heteroatoms. The monoisotopic (exact) mass is 574 g/mol. The molecule has 4 aromatic carbocycles. The van der Waals surface area contributed by atoms with Crippen molar-refractivity contribution in [3.05, 3.63) is 119 Å². The van der Waals surface area contributed by atoms with Gasteiger partial charge in [0, 0.05) is 17.3 Å². The third-order valence-electron chi connectivity index (χ3n) is 8.15. The van der Waals surface area contributed by atoms with E-state index in [0.717, 1.165) is 6.42 Å². The Labute approximate surface area is 266 Å². The van der Waals surface area contributed by atoms with Crippen molar-refractivity contribution in [2.75, 3.05) is 0 Å². The maximum Gasteiger partial charge on any atom is 0.0296 e. The Hall–Kier alpha value is -3.56. The van der Waals surface area contributed by atoms with Crippen LogP contribution in [-0.4, -0.2) is 0 Å². The van der Waals surface area contributed by atoms with E-state index in [2.05, 4.69) is 124 Å². The molecular weight excluding hydrogens is 516 g/mol. The lowest BCUT2D eigenvalue weighted by molar-refractivity contribution is 0.504. The molecule has 2 aliphatic carbocycles. The predicted octanol–water partition coefficient (Wildman–Crippen LogP) is 13.3. The molecule has 0 N–H and O–H groups in total. The van der Waals surface area contributed by atoms with Gasteiger partial charge in [-0.15, -0.1) is 12.3 Å². The number of fused-ring (bicyclic) bond motifs is 6. The second kappa shape index (κ2) is 18.9. The summed E-state index contributed by atoms with van der Waals surface area (Å²) in [7, 11) is 0. The van der Waals surface area contributed by atoms with Crippen LogP contribution in [0, 0.1) is 12.3 Å². The highest BCUT2D eigenvalue weighted by atomic mass is 14.4. The molecule has 0 fully saturated rings. The second-order valence-electron chi connectivity index (χ2n) is 10.3. The molecule has 0 amide bonds. The molecular formula is C43H58. The third kappa shape index (κ3) is 7.70. The summed E-state index contributed by atoms with van der Waals surface area (Å²) >= 11 is 0. The van der Waals surface area contributed by atoms with Crippen molar-refractivity contribution in [2.24, 2.45) is 0 Å². The zero-order chi connectivity index (χ0) is 32.5. The van der Waals surface area contributed by atoms with Crippen molar-refractivity contribution in [3.63, 3.8) is 0 Å². The maximum absolute atomic E-state index is 5.56. The Morgan fingerprint density at radius 2 is 0.767 bits per heavy atom. The van der Waals surface area contributed by atoms with Gasteiger partial charge in [-0.2, -0.15) is 0 Å². The van der Waals surface area contributed by atoms with E-state index < -0.39 is 0 Å². The van der Waals surface area contributed by atoms with Crippen LogP contribution in [0.25, 0.3) is 22.3 Å². The van der Waals surface area contributed by atoms with E-state index in [0.29, 0.717) is 0 Å². The second-order valence-corrected chi connectivity index (χ2v) is 10.3. The van der Waals surface area contributed by atoms with Crippen molar-refractivity contribution in [3.8, 4) is 34.6 Å². The number of unbranched alkanes of at least 4 members (excludes halogenated alkanes) is 1. The molecule has 0 aromatic heterocycles. The molecule has 4 aromatic rings. The number of benzene rings is 4. The van der Waals surface area contributed by atoms with Crippen LogP contribution >= 0.6 is 0 Å². The predicted molar refractivity (Wildman–Crippen MR) is 195 cm³/mol. The van der Waals surface area contributed by atoms with E-state index in [-0.39, 0.29) is 10.8 Å². The molecule has 0 saturated carbocycles. The first-order valence-electron chi connectivity index (χ1n) is 16.9. The molecule has 230 valence electrons. The normalized spacial score (nSPS) is 12.8. The zero-order valence-electron chi connectivity index (χ0n) is 29.1. The average Bonchev–Trinajstić information content (AvgIpc) is 3.50. The van der Waals surface area contributed by atoms with Crippen LogP contribution in [0.3, 0.4) is 0 Å². The quantitative estimate of drug-likeness (QED) is 0.213. The molecule has 0 atom stereocenters. The third-order valence-corrected chi connectivity index (χ3v) is 8.15. The Morgan fingerprint density at radius 3 is 1.05 bits per heavy atom. The SMILES string of the molecule is C#CCC1(C)c2ccccc2-c2ccccc21.CC.CC.CC.CC.CCCCC1(C)c2ccccc2-c2ccccc21. The topological polar surface area (TPSA) is 0 Å². The first kappa shape index (κ1) is 37.5. The zero-order valence-corrected chi connectivity index (χ0v) is 29.1. The van der Waals surface area contributed by atoms with Gasteiger partial charge in [-0.1, -0.05) is 186 Å². The summed E-state index contributed by atoms with van der Waals surface area (Å²) in [6, 6.07) is 35.0. The summed E-state index contributed by atoms with van der Waals surface area (Å²) in [6.07, 6.45) is 10.1. The maximum atomic E-state index is 5.56. The van der Waals surface area contributed by atoms with Gasteiger partial charge in [-0.05, 0) is 50.9 Å². The van der Waals surface area contributed by atoms with Crippen LogP contribution < -0.4 is 0 Å². The minimum atomic E-state index is -0.0259. The van der Waals surface area contributed by atoms with E-state index in [1.165, 1.54) is 63.8 Å². The van der Waals surface area contributed by atoms with Crippen LogP contribution in [0.5, 0.6) is 0 Å². The lowest BCUT2D eigenvalue weighted by Gasteiger charge is -2.27. The van der Waals surface area contributed by atoms with E-state index in [4.69, 9.17) is 6.42 Å². The highest BCUT2D eigenvalue weighted by Crippen LogP contribution is 2.51. The van der Waals surface area contributed by atoms with Crippen molar-refractivity contribution in [2.45, 2.75) is 113 Å². The summed E-state index contributed by atoms with van der Waals surface area (Å²) in [5, 5.41) is 0. The van der Waals surface area contributed by atoms with Crippen LogP contribution in [0.4, 0.5) is 0 Å². The van der Waals surface area contributed by atoms with Gasteiger partial charge in [0.15, 0.2) is 0 Å². The van der Waals surface area contributed by atoms with Crippen molar-refractivity contribution in [1.29, 1.82) is 0 Å². The van der Waals surface area contributed by atoms with E-state index in [1.807, 2.05) is 55.4 Å². The summed E-state index contributed by atoms with van der Waals surface area (Å²) in [5.41, 5.74) is 11.5. The van der Waals surface area contributed by atoms with Crippen molar-refractivity contribution >= 4 is 0 Å². The Balaban J connectivity index is 0.000000350. The molecule has 0 nitrogen and oxygen atoms in total. The van der Waals surface area contributed by atoms with Crippen LogP contribution in [0.2, 0.25) is 0 Å². The molecule has 0 heterocycles. The van der Waals surface area contributed by atoms with Gasteiger partial charge in [0.1, 0.15) is 0 Å². The van der Waals surface area contributed by atoms with E-state index in [1.54, 1.807) is 0 Å². The largest absolute Gasteiger partial charge is 0.120 e. The van der Waals surface area contributed by atoms with Crippen LogP contribution in [0.1, 0.15) is 124 Å². The minimum Gasteiger partial charge on any atom is -0.120 e. The number of terminal acetylenes is 1. The van der Waals surface area contributed by atoms with Gasteiger partial charge in [-0.3, -0.25) is 0 Å². The Bertz CT molecular complexity index is 1310. The van der Waals surface area contributed by atoms with Crippen LogP contribution in [-0.2, 0) is 10.8 Å². The summed E-state index contributed by atoms with van der Waals surface area (Å²) in [6.45, 7) is 22.9. The smallest absolute Gasteiger partial charge is 0.0296 e. The fourth-order valence-electron chi connectivity index (χ4n) is 6.28. The fraction of sp³-hybridized carbons (Fsp3) is 0.395. The van der Waals surface area contributed by atoms with Gasteiger partial charge >= 0.3 is 0 Å². The van der Waals surface area contributed by atoms with Gasteiger partial charge in [0.2, 0.25) is 0 Å². The number of rotatable bonds is 4. The molecule has 0 bridgehead atoms. The molecule has 0 unspecified atom stereocenters. The summed E-state index contributed by atoms with van der Waals surface area (Å²) in [5.74, 6) is 2.83. The molecule has 0 saturated heterocycles. The number of hydrogen-bond acceptors (Lipinski definition) is 0. The summed E-state index contributed by atoms with van der Waals surface area (Å²) in [4.78, 5) is 0. The van der Waals surface area contributed by atoms with E-state index >= 15 is 0 Å². The molecule has 0 radical (unpaired) electrons. The average molecular weight is 575 g/mol. The lowest BCUT2D eigenvalue weighted by atomic mass is 9.76. The summed E-state index contributed by atoms with van der Waals surface area (Å²) < 4.78 is 0. The van der Waals surface area contributed by atoms with Gasteiger partial charge in [0.05, 0.1) is 0 Å². The molecule has 2 aliphatic rings.